The van der Waals surface area contributed by atoms with Gasteiger partial charge in [-0.1, -0.05) is 29.3 Å². The molecule has 1 atom stereocenters. The van der Waals surface area contributed by atoms with Crippen LogP contribution in [-0.2, 0) is 0 Å². The van der Waals surface area contributed by atoms with E-state index < -0.39 is 18.0 Å². The van der Waals surface area contributed by atoms with Gasteiger partial charge in [0.1, 0.15) is 11.6 Å². The zero-order valence-corrected chi connectivity index (χ0v) is 20.1. The monoisotopic (exact) mass is 523 g/mol. The molecule has 3 aromatic rings. The molecule has 1 fully saturated rings. The predicted molar refractivity (Wildman–Crippen MR) is 130 cm³/mol. The number of hydrogen-bond donors (Lipinski definition) is 2. The second-order valence-corrected chi connectivity index (χ2v) is 8.71. The first kappa shape index (κ1) is 24.8. The van der Waals surface area contributed by atoms with Gasteiger partial charge in [-0.3, -0.25) is 9.69 Å². The molecule has 0 aliphatic carbocycles. The van der Waals surface area contributed by atoms with Crippen molar-refractivity contribution in [1.82, 2.24) is 24.5 Å². The van der Waals surface area contributed by atoms with E-state index in [1.165, 1.54) is 4.68 Å². The van der Waals surface area contributed by atoms with Crippen LogP contribution in [0.3, 0.4) is 0 Å². The number of benzene rings is 1. The van der Waals surface area contributed by atoms with Crippen LogP contribution in [-0.4, -0.2) is 63.7 Å². The molecule has 0 radical (unpaired) electrons. The van der Waals surface area contributed by atoms with Crippen LogP contribution in [0.1, 0.15) is 24.4 Å². The first-order valence-corrected chi connectivity index (χ1v) is 11.4. The minimum atomic E-state index is -2.44. The summed E-state index contributed by atoms with van der Waals surface area (Å²) >= 11 is 12.4. The van der Waals surface area contributed by atoms with Crippen LogP contribution >= 0.6 is 23.2 Å². The number of hydrogen-bond acceptors (Lipinski definition) is 9. The van der Waals surface area contributed by atoms with Gasteiger partial charge in [-0.05, 0) is 19.1 Å². The zero-order valence-electron chi connectivity index (χ0n) is 18.6. The lowest BCUT2D eigenvalue weighted by Gasteiger charge is -2.38. The molecule has 1 aliphatic heterocycles. The normalized spacial score (nSPS) is 15.4. The summed E-state index contributed by atoms with van der Waals surface area (Å²) in [5, 5.41) is 14.7. The summed E-state index contributed by atoms with van der Waals surface area (Å²) in [6.07, 6.45) is -2.44. The SMILES string of the molecule is C[C@H](Nc1nc(N)nc(Cl)c1C#N)c1nc2cccc(Cl)c2c(=O)n1N1CCN(CC(F)F)CC1. The van der Waals surface area contributed by atoms with Crippen LogP contribution in [0, 0.1) is 11.3 Å². The summed E-state index contributed by atoms with van der Waals surface area (Å²) in [5.41, 5.74) is 5.68. The Kier molecular flexibility index (Phi) is 7.20. The molecule has 2 aromatic heterocycles. The van der Waals surface area contributed by atoms with Crippen molar-refractivity contribution in [3.63, 3.8) is 0 Å². The zero-order chi connectivity index (χ0) is 25.3. The van der Waals surface area contributed by atoms with E-state index in [1.807, 2.05) is 6.07 Å². The quantitative estimate of drug-likeness (QED) is 0.468. The molecule has 1 aromatic carbocycles. The molecule has 4 rings (SSSR count). The lowest BCUT2D eigenvalue weighted by molar-refractivity contribution is 0.0824. The molecule has 0 amide bonds. The first-order chi connectivity index (χ1) is 16.7. The topological polar surface area (TPSA) is 129 Å². The fourth-order valence-corrected chi connectivity index (χ4v) is 4.46. The van der Waals surface area contributed by atoms with Crippen molar-refractivity contribution in [3.8, 4) is 6.07 Å². The van der Waals surface area contributed by atoms with E-state index in [4.69, 9.17) is 28.9 Å². The van der Waals surface area contributed by atoms with Gasteiger partial charge >= 0.3 is 0 Å². The van der Waals surface area contributed by atoms with Gasteiger partial charge in [0.2, 0.25) is 5.95 Å². The number of fused-ring (bicyclic) bond motifs is 1. The molecule has 0 unspecified atom stereocenters. The maximum atomic E-state index is 13.6. The molecule has 35 heavy (non-hydrogen) atoms. The number of nitrogens with two attached hydrogens (primary N) is 1. The molecule has 3 heterocycles. The predicted octanol–water partition coefficient (Wildman–Crippen LogP) is 2.64. The number of nitrogen functional groups attached to an aromatic ring is 1. The van der Waals surface area contributed by atoms with E-state index >= 15 is 0 Å². The van der Waals surface area contributed by atoms with Crippen molar-refractivity contribution in [2.75, 3.05) is 48.8 Å². The van der Waals surface area contributed by atoms with Gasteiger partial charge in [-0.15, -0.1) is 0 Å². The molecule has 0 saturated carbocycles. The van der Waals surface area contributed by atoms with Crippen LogP contribution in [0.4, 0.5) is 20.5 Å². The first-order valence-electron chi connectivity index (χ1n) is 10.7. The van der Waals surface area contributed by atoms with E-state index in [0.717, 1.165) is 0 Å². The van der Waals surface area contributed by atoms with Crippen LogP contribution in [0.5, 0.6) is 0 Å². The molecule has 0 spiro atoms. The standard InChI is InChI=1S/C21H21Cl2F2N9O/c1-11(28-18-12(9-26)17(23)30-21(27)31-18)19-29-14-4-2-3-13(22)16(14)20(35)34(19)33-7-5-32(6-8-33)10-15(24)25/h2-4,11,15H,5-8,10H2,1H3,(H3,27,28,30,31)/t11-/m0/s1. The number of nitrogens with one attached hydrogen (secondary N) is 1. The molecular formula is C21H21Cl2F2N9O. The van der Waals surface area contributed by atoms with Gasteiger partial charge < -0.3 is 16.1 Å². The van der Waals surface area contributed by atoms with E-state index in [1.54, 1.807) is 35.0 Å². The van der Waals surface area contributed by atoms with Crippen molar-refractivity contribution in [2.24, 2.45) is 0 Å². The highest BCUT2D eigenvalue weighted by Gasteiger charge is 2.27. The third-order valence-corrected chi connectivity index (χ3v) is 6.20. The highest BCUT2D eigenvalue weighted by Crippen LogP contribution is 2.26. The number of halogens is 4. The second kappa shape index (κ2) is 10.2. The largest absolute Gasteiger partial charge is 0.368 e. The Bertz CT molecular complexity index is 1350. The fourth-order valence-electron chi connectivity index (χ4n) is 3.99. The fraction of sp³-hybridized carbons (Fsp3) is 0.381. The maximum Gasteiger partial charge on any atom is 0.281 e. The highest BCUT2D eigenvalue weighted by atomic mass is 35.5. The summed E-state index contributed by atoms with van der Waals surface area (Å²) in [6.45, 7) is 2.72. The van der Waals surface area contributed by atoms with Crippen LogP contribution in [0.15, 0.2) is 23.0 Å². The molecule has 1 aliphatic rings. The Balaban J connectivity index is 1.78. The average molecular weight is 524 g/mol. The molecule has 14 heteroatoms. The summed E-state index contributed by atoms with van der Waals surface area (Å²) in [7, 11) is 0. The number of nitrogens with zero attached hydrogens (tertiary/aromatic N) is 7. The smallest absolute Gasteiger partial charge is 0.281 e. The number of nitriles is 1. The Morgan fingerprint density at radius 2 is 1.91 bits per heavy atom. The number of piperazine rings is 1. The van der Waals surface area contributed by atoms with E-state index in [-0.39, 0.29) is 39.4 Å². The number of anilines is 2. The maximum absolute atomic E-state index is 13.6. The summed E-state index contributed by atoms with van der Waals surface area (Å²) in [6, 6.07) is 6.24. The second-order valence-electron chi connectivity index (χ2n) is 7.94. The molecular weight excluding hydrogens is 503 g/mol. The Labute approximate surface area is 208 Å². The van der Waals surface area contributed by atoms with E-state index in [2.05, 4.69) is 20.3 Å². The Morgan fingerprint density at radius 3 is 2.57 bits per heavy atom. The van der Waals surface area contributed by atoms with E-state index in [0.29, 0.717) is 37.5 Å². The van der Waals surface area contributed by atoms with Crippen LogP contribution < -0.4 is 21.6 Å². The minimum Gasteiger partial charge on any atom is -0.368 e. The van der Waals surface area contributed by atoms with Crippen molar-refractivity contribution in [1.29, 1.82) is 5.26 Å². The van der Waals surface area contributed by atoms with Crippen LogP contribution in [0.2, 0.25) is 10.2 Å². The Morgan fingerprint density at radius 1 is 1.20 bits per heavy atom. The van der Waals surface area contributed by atoms with Crippen LogP contribution in [0.25, 0.3) is 10.9 Å². The summed E-state index contributed by atoms with van der Waals surface area (Å²) < 4.78 is 27.1. The summed E-state index contributed by atoms with van der Waals surface area (Å²) in [5.74, 6) is 0.269. The van der Waals surface area contributed by atoms with Gasteiger partial charge in [0, 0.05) is 26.2 Å². The number of aromatic nitrogens is 4. The van der Waals surface area contributed by atoms with Crippen molar-refractivity contribution >= 4 is 45.9 Å². The van der Waals surface area contributed by atoms with Crippen molar-refractivity contribution < 1.29 is 8.78 Å². The van der Waals surface area contributed by atoms with Gasteiger partial charge in [0.25, 0.3) is 12.0 Å². The average Bonchev–Trinajstić information content (AvgIpc) is 2.79. The van der Waals surface area contributed by atoms with Gasteiger partial charge in [0.05, 0.1) is 28.5 Å². The lowest BCUT2D eigenvalue weighted by atomic mass is 10.2. The minimum absolute atomic E-state index is 0.00828. The lowest BCUT2D eigenvalue weighted by Crippen LogP contribution is -2.56. The molecule has 184 valence electrons. The number of rotatable bonds is 6. The molecule has 3 N–H and O–H groups in total. The van der Waals surface area contributed by atoms with Gasteiger partial charge in [0.15, 0.2) is 16.8 Å². The Hall–Kier alpha value is -3.27. The summed E-state index contributed by atoms with van der Waals surface area (Å²) in [4.78, 5) is 27.8. The molecule has 1 saturated heterocycles. The van der Waals surface area contributed by atoms with Crippen molar-refractivity contribution in [2.45, 2.75) is 19.4 Å². The number of alkyl halides is 2. The molecule has 0 bridgehead atoms. The highest BCUT2D eigenvalue weighted by molar-refractivity contribution is 6.35. The molecule has 10 nitrogen and oxygen atoms in total. The third kappa shape index (κ3) is 5.07. The van der Waals surface area contributed by atoms with E-state index in [9.17, 15) is 18.8 Å². The van der Waals surface area contributed by atoms with Gasteiger partial charge in [-0.2, -0.15) is 15.2 Å². The van der Waals surface area contributed by atoms with Crippen molar-refractivity contribution in [3.05, 3.63) is 50.1 Å². The van der Waals surface area contributed by atoms with Gasteiger partial charge in [-0.25, -0.2) is 18.4 Å². The third-order valence-electron chi connectivity index (χ3n) is 5.61.